The first-order valence-corrected chi connectivity index (χ1v) is 6.68. The fourth-order valence-corrected chi connectivity index (χ4v) is 2.38. The van der Waals surface area contributed by atoms with E-state index in [9.17, 15) is 9.59 Å². The van der Waals surface area contributed by atoms with E-state index in [0.717, 1.165) is 5.92 Å². The molecule has 0 aromatic carbocycles. The van der Waals surface area contributed by atoms with Gasteiger partial charge in [0, 0.05) is 6.54 Å². The van der Waals surface area contributed by atoms with Gasteiger partial charge in [0.2, 0.25) is 5.91 Å². The van der Waals surface area contributed by atoms with Gasteiger partial charge in [-0.25, -0.2) is 4.79 Å². The molecule has 5 heteroatoms. The third-order valence-electron chi connectivity index (χ3n) is 3.59. The predicted octanol–water partition coefficient (Wildman–Crippen LogP) is 1.42. The molecule has 0 aromatic rings. The second-order valence-corrected chi connectivity index (χ2v) is 4.99. The van der Waals surface area contributed by atoms with Gasteiger partial charge in [0.1, 0.15) is 13.2 Å². The highest BCUT2D eigenvalue weighted by Crippen LogP contribution is 2.29. The maximum atomic E-state index is 11.4. The lowest BCUT2D eigenvalue weighted by Crippen LogP contribution is -2.34. The predicted molar refractivity (Wildman–Crippen MR) is 67.2 cm³/mol. The molecule has 0 unspecified atom stereocenters. The van der Waals surface area contributed by atoms with Crippen molar-refractivity contribution in [2.75, 3.05) is 19.8 Å². The van der Waals surface area contributed by atoms with E-state index >= 15 is 0 Å². The average Bonchev–Trinajstić information content (AvgIpc) is 2.36. The van der Waals surface area contributed by atoms with Crippen LogP contribution in [0.1, 0.15) is 39.0 Å². The summed E-state index contributed by atoms with van der Waals surface area (Å²) in [5.41, 5.74) is 0. The Kier molecular flexibility index (Phi) is 6.72. The molecule has 1 aliphatic carbocycles. The first-order chi connectivity index (χ1) is 8.61. The first kappa shape index (κ1) is 15.0. The Balaban J connectivity index is 2.06. The van der Waals surface area contributed by atoms with Crippen molar-refractivity contribution in [1.29, 1.82) is 0 Å². The van der Waals surface area contributed by atoms with Gasteiger partial charge in [-0.2, -0.15) is 0 Å². The van der Waals surface area contributed by atoms with Crippen LogP contribution in [-0.4, -0.2) is 36.7 Å². The molecule has 1 fully saturated rings. The zero-order chi connectivity index (χ0) is 13.4. The number of ether oxygens (including phenoxy) is 1. The quantitative estimate of drug-likeness (QED) is 0.723. The lowest BCUT2D eigenvalue weighted by atomic mass is 9.81. The van der Waals surface area contributed by atoms with Gasteiger partial charge in [0.05, 0.1) is 0 Å². The molecule has 0 saturated heterocycles. The molecule has 0 heterocycles. The summed E-state index contributed by atoms with van der Waals surface area (Å²) in [5, 5.41) is 11.2. The van der Waals surface area contributed by atoms with E-state index in [1.807, 2.05) is 0 Å². The van der Waals surface area contributed by atoms with E-state index in [0.29, 0.717) is 12.5 Å². The summed E-state index contributed by atoms with van der Waals surface area (Å²) < 4.78 is 4.72. The summed E-state index contributed by atoms with van der Waals surface area (Å²) >= 11 is 0. The van der Waals surface area contributed by atoms with Crippen LogP contribution in [0.3, 0.4) is 0 Å². The van der Waals surface area contributed by atoms with Crippen molar-refractivity contribution < 1.29 is 19.4 Å². The molecule has 0 bridgehead atoms. The molecule has 0 aliphatic heterocycles. The maximum absolute atomic E-state index is 11.4. The van der Waals surface area contributed by atoms with Crippen molar-refractivity contribution in [3.63, 3.8) is 0 Å². The van der Waals surface area contributed by atoms with Crippen LogP contribution in [0, 0.1) is 11.8 Å². The monoisotopic (exact) mass is 257 g/mol. The van der Waals surface area contributed by atoms with Crippen molar-refractivity contribution >= 4 is 11.9 Å². The third kappa shape index (κ3) is 6.00. The van der Waals surface area contributed by atoms with Crippen LogP contribution in [0.15, 0.2) is 0 Å². The standard InChI is InChI=1S/C13H23NO4/c1-2-10-3-5-11(6-4-10)7-14-12(15)8-18-9-13(16)17/h10-11H,2-9H2,1H3,(H,14,15)(H,16,17). The number of nitrogens with one attached hydrogen (secondary N) is 1. The van der Waals surface area contributed by atoms with Gasteiger partial charge in [-0.05, 0) is 24.7 Å². The molecule has 5 nitrogen and oxygen atoms in total. The van der Waals surface area contributed by atoms with Crippen LogP contribution in [0.2, 0.25) is 0 Å². The fourth-order valence-electron chi connectivity index (χ4n) is 2.38. The van der Waals surface area contributed by atoms with Crippen LogP contribution in [-0.2, 0) is 14.3 Å². The van der Waals surface area contributed by atoms with Gasteiger partial charge in [0.25, 0.3) is 0 Å². The van der Waals surface area contributed by atoms with Gasteiger partial charge in [-0.15, -0.1) is 0 Å². The van der Waals surface area contributed by atoms with E-state index in [4.69, 9.17) is 9.84 Å². The maximum Gasteiger partial charge on any atom is 0.329 e. The summed E-state index contributed by atoms with van der Waals surface area (Å²) in [6.45, 7) is 2.32. The molecule has 104 valence electrons. The zero-order valence-electron chi connectivity index (χ0n) is 11.0. The number of carbonyl (C=O) groups is 2. The van der Waals surface area contributed by atoms with Crippen molar-refractivity contribution in [2.45, 2.75) is 39.0 Å². The Labute approximate surface area is 108 Å². The van der Waals surface area contributed by atoms with Gasteiger partial charge < -0.3 is 15.2 Å². The van der Waals surface area contributed by atoms with Crippen molar-refractivity contribution in [3.8, 4) is 0 Å². The lowest BCUT2D eigenvalue weighted by Gasteiger charge is -2.27. The smallest absolute Gasteiger partial charge is 0.329 e. The summed E-state index contributed by atoms with van der Waals surface area (Å²) in [7, 11) is 0. The number of hydrogen-bond donors (Lipinski definition) is 2. The molecule has 1 rings (SSSR count). The molecule has 18 heavy (non-hydrogen) atoms. The van der Waals surface area contributed by atoms with Crippen molar-refractivity contribution in [3.05, 3.63) is 0 Å². The summed E-state index contributed by atoms with van der Waals surface area (Å²) in [4.78, 5) is 21.5. The Morgan fingerprint density at radius 1 is 1.17 bits per heavy atom. The Hall–Kier alpha value is -1.10. The third-order valence-corrected chi connectivity index (χ3v) is 3.59. The SMILES string of the molecule is CCC1CCC(CNC(=O)COCC(=O)O)CC1. The number of carbonyl (C=O) groups excluding carboxylic acids is 1. The molecule has 0 spiro atoms. The molecular weight excluding hydrogens is 234 g/mol. The highest BCUT2D eigenvalue weighted by Gasteiger charge is 2.20. The molecular formula is C13H23NO4. The van der Waals surface area contributed by atoms with Crippen LogP contribution < -0.4 is 5.32 Å². The molecule has 2 N–H and O–H groups in total. The van der Waals surface area contributed by atoms with Crippen LogP contribution in [0.4, 0.5) is 0 Å². The van der Waals surface area contributed by atoms with E-state index in [2.05, 4.69) is 12.2 Å². The minimum Gasteiger partial charge on any atom is -0.480 e. The number of amides is 1. The van der Waals surface area contributed by atoms with E-state index in [1.54, 1.807) is 0 Å². The van der Waals surface area contributed by atoms with Crippen LogP contribution in [0.25, 0.3) is 0 Å². The minimum absolute atomic E-state index is 0.170. The molecule has 0 radical (unpaired) electrons. The Morgan fingerprint density at radius 3 is 2.33 bits per heavy atom. The zero-order valence-corrected chi connectivity index (χ0v) is 11.0. The minimum atomic E-state index is -1.05. The van der Waals surface area contributed by atoms with E-state index < -0.39 is 12.6 Å². The summed E-state index contributed by atoms with van der Waals surface area (Å²) in [6.07, 6.45) is 6.12. The number of rotatable bonds is 7. The highest BCUT2D eigenvalue weighted by atomic mass is 16.5. The molecule has 1 amide bonds. The molecule has 1 saturated carbocycles. The second kappa shape index (κ2) is 8.08. The van der Waals surface area contributed by atoms with E-state index in [-0.39, 0.29) is 12.5 Å². The number of aliphatic carboxylic acids is 1. The van der Waals surface area contributed by atoms with Gasteiger partial charge in [0.15, 0.2) is 0 Å². The average molecular weight is 257 g/mol. The Morgan fingerprint density at radius 2 is 1.78 bits per heavy atom. The summed E-state index contributed by atoms with van der Waals surface area (Å²) in [6, 6.07) is 0. The van der Waals surface area contributed by atoms with Gasteiger partial charge in [-0.3, -0.25) is 4.79 Å². The fraction of sp³-hybridized carbons (Fsp3) is 0.846. The number of hydrogen-bond acceptors (Lipinski definition) is 3. The Bertz CT molecular complexity index is 272. The molecule has 0 atom stereocenters. The number of carboxylic acid groups (broad SMARTS) is 1. The first-order valence-electron chi connectivity index (χ1n) is 6.68. The highest BCUT2D eigenvalue weighted by molar-refractivity contribution is 5.77. The van der Waals surface area contributed by atoms with Gasteiger partial charge in [-0.1, -0.05) is 26.2 Å². The van der Waals surface area contributed by atoms with Crippen molar-refractivity contribution in [1.82, 2.24) is 5.32 Å². The normalized spacial score (nSPS) is 23.6. The van der Waals surface area contributed by atoms with Crippen LogP contribution in [0.5, 0.6) is 0 Å². The van der Waals surface area contributed by atoms with Crippen LogP contribution >= 0.6 is 0 Å². The molecule has 0 aromatic heterocycles. The second-order valence-electron chi connectivity index (χ2n) is 4.99. The topological polar surface area (TPSA) is 75.6 Å². The lowest BCUT2D eigenvalue weighted by molar-refractivity contribution is -0.143. The largest absolute Gasteiger partial charge is 0.480 e. The van der Waals surface area contributed by atoms with E-state index in [1.165, 1.54) is 32.1 Å². The number of carboxylic acids is 1. The molecule has 1 aliphatic rings. The van der Waals surface area contributed by atoms with Crippen molar-refractivity contribution in [2.24, 2.45) is 11.8 Å². The van der Waals surface area contributed by atoms with Gasteiger partial charge >= 0.3 is 5.97 Å². The summed E-state index contributed by atoms with van der Waals surface area (Å²) in [5.74, 6) is 0.140.